The fraction of sp³-hybridized carbons (Fsp3) is 0.867. The topological polar surface area (TPSA) is 83.6 Å². The van der Waals surface area contributed by atoms with Crippen molar-refractivity contribution in [2.45, 2.75) is 51.5 Å². The summed E-state index contributed by atoms with van der Waals surface area (Å²) in [5.41, 5.74) is 5.74. The highest BCUT2D eigenvalue weighted by Gasteiger charge is 2.41. The summed E-state index contributed by atoms with van der Waals surface area (Å²) < 4.78 is 0. The van der Waals surface area contributed by atoms with Gasteiger partial charge in [-0.15, -0.1) is 0 Å². The maximum Gasteiger partial charge on any atom is 0.326 e. The van der Waals surface area contributed by atoms with Crippen LogP contribution in [0.2, 0.25) is 0 Å². The number of nitrogens with zero attached hydrogens (tertiary/aromatic N) is 1. The van der Waals surface area contributed by atoms with Crippen molar-refractivity contribution < 1.29 is 14.7 Å². The van der Waals surface area contributed by atoms with Gasteiger partial charge in [0.05, 0.1) is 0 Å². The summed E-state index contributed by atoms with van der Waals surface area (Å²) in [5, 5.41) is 9.42. The smallest absolute Gasteiger partial charge is 0.326 e. The molecule has 1 amide bonds. The fourth-order valence-electron chi connectivity index (χ4n) is 3.76. The maximum atomic E-state index is 12.7. The van der Waals surface area contributed by atoms with E-state index < -0.39 is 12.0 Å². The summed E-state index contributed by atoms with van der Waals surface area (Å²) in [6.07, 6.45) is 5.39. The third-order valence-corrected chi connectivity index (χ3v) is 5.14. The molecule has 0 radical (unpaired) electrons. The van der Waals surface area contributed by atoms with Gasteiger partial charge in [0.1, 0.15) is 6.04 Å². The first-order valence-electron chi connectivity index (χ1n) is 7.81. The molecule has 0 aromatic heterocycles. The van der Waals surface area contributed by atoms with E-state index in [1.54, 1.807) is 4.90 Å². The van der Waals surface area contributed by atoms with Crippen LogP contribution >= 0.6 is 0 Å². The Labute approximate surface area is 120 Å². The van der Waals surface area contributed by atoms with Gasteiger partial charge < -0.3 is 15.7 Å². The van der Waals surface area contributed by atoms with Gasteiger partial charge in [-0.3, -0.25) is 4.79 Å². The number of hydrogen-bond donors (Lipinski definition) is 2. The lowest BCUT2D eigenvalue weighted by molar-refractivity contribution is -0.155. The molecule has 4 atom stereocenters. The number of hydrogen-bond acceptors (Lipinski definition) is 3. The first kappa shape index (κ1) is 15.3. The average Bonchev–Trinajstić information content (AvgIpc) is 2.94. The van der Waals surface area contributed by atoms with Crippen molar-refractivity contribution in [2.75, 3.05) is 13.1 Å². The number of nitrogens with two attached hydrogens (primary N) is 1. The van der Waals surface area contributed by atoms with Crippen LogP contribution in [0.5, 0.6) is 0 Å². The van der Waals surface area contributed by atoms with E-state index in [0.717, 1.165) is 32.1 Å². The van der Waals surface area contributed by atoms with Gasteiger partial charge in [-0.1, -0.05) is 19.8 Å². The Balaban J connectivity index is 2.09. The molecule has 1 aliphatic heterocycles. The molecular formula is C15H26N2O3. The molecule has 1 saturated carbocycles. The number of aliphatic carboxylic acids is 1. The number of carboxylic acid groups (broad SMARTS) is 1. The highest BCUT2D eigenvalue weighted by atomic mass is 16.4. The lowest BCUT2D eigenvalue weighted by Gasteiger charge is -2.39. The standard InChI is InChI=1S/C15H26N2O3/c1-2-10-6-7-17(13(8-10)15(19)20)14(18)12-5-3-4-11(12)9-16/h10-13H,2-9,16H2,1H3,(H,19,20). The van der Waals surface area contributed by atoms with Crippen LogP contribution in [-0.4, -0.2) is 41.0 Å². The first-order valence-corrected chi connectivity index (χ1v) is 7.81. The lowest BCUT2D eigenvalue weighted by Crippen LogP contribution is -2.52. The number of amides is 1. The number of carboxylic acids is 1. The molecule has 114 valence electrons. The Hall–Kier alpha value is -1.10. The van der Waals surface area contributed by atoms with Crippen LogP contribution in [0, 0.1) is 17.8 Å². The van der Waals surface area contributed by atoms with Gasteiger partial charge in [0.2, 0.25) is 5.91 Å². The molecule has 3 N–H and O–H groups in total. The van der Waals surface area contributed by atoms with Crippen molar-refractivity contribution in [3.05, 3.63) is 0 Å². The zero-order valence-corrected chi connectivity index (χ0v) is 12.3. The molecule has 1 saturated heterocycles. The van der Waals surface area contributed by atoms with Crippen LogP contribution in [0.25, 0.3) is 0 Å². The van der Waals surface area contributed by atoms with Crippen LogP contribution in [0.3, 0.4) is 0 Å². The minimum absolute atomic E-state index is 0.0277. The molecule has 0 aromatic carbocycles. The van der Waals surface area contributed by atoms with Crippen molar-refractivity contribution in [1.29, 1.82) is 0 Å². The molecule has 0 aromatic rings. The normalized spacial score (nSPS) is 34.2. The third-order valence-electron chi connectivity index (χ3n) is 5.14. The SMILES string of the molecule is CCC1CCN(C(=O)C2CCCC2CN)C(C(=O)O)C1. The molecule has 5 nitrogen and oxygen atoms in total. The predicted octanol–water partition coefficient (Wildman–Crippen LogP) is 1.46. The highest BCUT2D eigenvalue weighted by Crippen LogP contribution is 2.35. The molecule has 4 unspecified atom stereocenters. The molecule has 2 fully saturated rings. The van der Waals surface area contributed by atoms with Crippen LogP contribution in [0.4, 0.5) is 0 Å². The molecule has 5 heteroatoms. The van der Waals surface area contributed by atoms with Crippen molar-refractivity contribution in [3.63, 3.8) is 0 Å². The first-order chi connectivity index (χ1) is 9.58. The Morgan fingerprint density at radius 2 is 2.05 bits per heavy atom. The van der Waals surface area contributed by atoms with Gasteiger partial charge in [0.15, 0.2) is 0 Å². The van der Waals surface area contributed by atoms with E-state index in [2.05, 4.69) is 6.92 Å². The molecule has 1 aliphatic carbocycles. The summed E-state index contributed by atoms with van der Waals surface area (Å²) in [6.45, 7) is 3.20. The number of carbonyl (C=O) groups is 2. The molecule has 2 rings (SSSR count). The molecule has 20 heavy (non-hydrogen) atoms. The fourth-order valence-corrected chi connectivity index (χ4v) is 3.76. The van der Waals surface area contributed by atoms with E-state index in [9.17, 15) is 14.7 Å². The molecule has 2 aliphatic rings. The van der Waals surface area contributed by atoms with E-state index in [0.29, 0.717) is 25.4 Å². The van der Waals surface area contributed by atoms with E-state index in [1.807, 2.05) is 0 Å². The van der Waals surface area contributed by atoms with Crippen LogP contribution in [0.1, 0.15) is 45.4 Å². The molecule has 0 bridgehead atoms. The number of rotatable bonds is 4. The van der Waals surface area contributed by atoms with Gasteiger partial charge >= 0.3 is 5.97 Å². The van der Waals surface area contributed by atoms with Gasteiger partial charge in [-0.2, -0.15) is 0 Å². The maximum absolute atomic E-state index is 12.7. The Kier molecular flexibility index (Phi) is 5.02. The van der Waals surface area contributed by atoms with E-state index >= 15 is 0 Å². The van der Waals surface area contributed by atoms with Gasteiger partial charge in [0.25, 0.3) is 0 Å². The summed E-state index contributed by atoms with van der Waals surface area (Å²) in [5.74, 6) is -0.228. The Morgan fingerprint density at radius 1 is 1.30 bits per heavy atom. The minimum atomic E-state index is -0.862. The van der Waals surface area contributed by atoms with E-state index in [-0.39, 0.29) is 17.7 Å². The second-order valence-corrected chi connectivity index (χ2v) is 6.22. The van der Waals surface area contributed by atoms with Gasteiger partial charge in [0, 0.05) is 12.5 Å². The zero-order valence-electron chi connectivity index (χ0n) is 12.3. The number of likely N-dealkylation sites (tertiary alicyclic amines) is 1. The highest BCUT2D eigenvalue weighted by molar-refractivity contribution is 5.85. The zero-order chi connectivity index (χ0) is 14.7. The second-order valence-electron chi connectivity index (χ2n) is 6.22. The van der Waals surface area contributed by atoms with E-state index in [1.165, 1.54) is 0 Å². The van der Waals surface area contributed by atoms with Crippen LogP contribution < -0.4 is 5.73 Å². The lowest BCUT2D eigenvalue weighted by atomic mass is 9.86. The van der Waals surface area contributed by atoms with Crippen LogP contribution in [0.15, 0.2) is 0 Å². The Bertz CT molecular complexity index is 372. The summed E-state index contributed by atoms with van der Waals surface area (Å²) in [6, 6.07) is -0.639. The van der Waals surface area contributed by atoms with Crippen molar-refractivity contribution in [3.8, 4) is 0 Å². The van der Waals surface area contributed by atoms with Crippen molar-refractivity contribution in [2.24, 2.45) is 23.5 Å². The van der Waals surface area contributed by atoms with Gasteiger partial charge in [-0.25, -0.2) is 4.79 Å². The molecule has 0 spiro atoms. The molecule has 1 heterocycles. The third kappa shape index (κ3) is 2.97. The second kappa shape index (κ2) is 6.57. The quantitative estimate of drug-likeness (QED) is 0.817. The summed E-state index contributed by atoms with van der Waals surface area (Å²) >= 11 is 0. The summed E-state index contributed by atoms with van der Waals surface area (Å²) in [7, 11) is 0. The predicted molar refractivity (Wildman–Crippen MR) is 76.0 cm³/mol. The monoisotopic (exact) mass is 282 g/mol. The Morgan fingerprint density at radius 3 is 2.65 bits per heavy atom. The van der Waals surface area contributed by atoms with Crippen LogP contribution in [-0.2, 0) is 9.59 Å². The number of piperidine rings is 1. The molecular weight excluding hydrogens is 256 g/mol. The van der Waals surface area contributed by atoms with Crippen molar-refractivity contribution in [1.82, 2.24) is 4.90 Å². The largest absolute Gasteiger partial charge is 0.480 e. The minimum Gasteiger partial charge on any atom is -0.480 e. The van der Waals surface area contributed by atoms with Gasteiger partial charge in [-0.05, 0) is 44.1 Å². The van der Waals surface area contributed by atoms with E-state index in [4.69, 9.17) is 5.73 Å². The summed E-state index contributed by atoms with van der Waals surface area (Å²) in [4.78, 5) is 25.8. The average molecular weight is 282 g/mol. The number of carbonyl (C=O) groups excluding carboxylic acids is 1. The van der Waals surface area contributed by atoms with Crippen molar-refractivity contribution >= 4 is 11.9 Å².